The lowest BCUT2D eigenvalue weighted by Gasteiger charge is -2.26. The summed E-state index contributed by atoms with van der Waals surface area (Å²) < 4.78 is 5.59. The molecule has 1 heterocycles. The number of nitrogens with one attached hydrogen (secondary N) is 1. The number of hydrogen-bond donors (Lipinski definition) is 1. The predicted molar refractivity (Wildman–Crippen MR) is 97.2 cm³/mol. The summed E-state index contributed by atoms with van der Waals surface area (Å²) in [5.41, 5.74) is 1.49. The number of aromatic nitrogens is 1. The molecule has 0 saturated heterocycles. The summed E-state index contributed by atoms with van der Waals surface area (Å²) in [6.45, 7) is 6.06. The fourth-order valence-electron chi connectivity index (χ4n) is 2.53. The van der Waals surface area contributed by atoms with E-state index in [1.54, 1.807) is 4.90 Å². The van der Waals surface area contributed by atoms with Gasteiger partial charge in [0.1, 0.15) is 11.4 Å². The molecule has 0 unspecified atom stereocenters. The number of ether oxygens (including phenoxy) is 1. The first-order valence-corrected chi connectivity index (χ1v) is 8.04. The lowest BCUT2D eigenvalue weighted by molar-refractivity contribution is 0.0576. The Bertz CT molecular complexity index is 798. The summed E-state index contributed by atoms with van der Waals surface area (Å²) in [7, 11) is 0. The maximum absolute atomic E-state index is 12.7. The van der Waals surface area contributed by atoms with Gasteiger partial charge in [-0.1, -0.05) is 48.5 Å². The van der Waals surface area contributed by atoms with Crippen molar-refractivity contribution in [1.29, 1.82) is 0 Å². The lowest BCUT2D eigenvalue weighted by Crippen LogP contribution is -2.36. The number of amides is 1. The fourth-order valence-corrected chi connectivity index (χ4v) is 2.53. The molecule has 0 radical (unpaired) electrons. The number of para-hydroxylation sites is 1. The standard InChI is InChI=1S/C20H22N2O2/c1-20(2,3)24-19(23)22(14-15-9-5-4-6-10-15)18-13-16-11-7-8-12-17(16)21-18/h4-13,21H,14H2,1-3H3. The minimum atomic E-state index is -0.544. The summed E-state index contributed by atoms with van der Waals surface area (Å²) in [6, 6.07) is 19.8. The molecular weight excluding hydrogens is 300 g/mol. The van der Waals surface area contributed by atoms with Crippen molar-refractivity contribution >= 4 is 22.8 Å². The molecule has 0 saturated carbocycles. The number of nitrogens with zero attached hydrogens (tertiary/aromatic N) is 1. The van der Waals surface area contributed by atoms with Gasteiger partial charge in [0.2, 0.25) is 0 Å². The van der Waals surface area contributed by atoms with Crippen LogP contribution in [0.15, 0.2) is 60.7 Å². The molecule has 1 N–H and O–H groups in total. The number of carbonyl (C=O) groups excluding carboxylic acids is 1. The third-order valence-corrected chi connectivity index (χ3v) is 3.60. The summed E-state index contributed by atoms with van der Waals surface area (Å²) in [6.07, 6.45) is -0.363. The van der Waals surface area contributed by atoms with E-state index >= 15 is 0 Å². The second-order valence-corrected chi connectivity index (χ2v) is 6.79. The monoisotopic (exact) mass is 322 g/mol. The SMILES string of the molecule is CC(C)(C)OC(=O)N(Cc1ccccc1)c1cc2ccccc2[nH]1. The van der Waals surface area contributed by atoms with Crippen molar-refractivity contribution in [2.75, 3.05) is 4.90 Å². The van der Waals surface area contributed by atoms with Gasteiger partial charge in [0.25, 0.3) is 0 Å². The highest BCUT2D eigenvalue weighted by atomic mass is 16.6. The van der Waals surface area contributed by atoms with Crippen molar-refractivity contribution in [3.05, 3.63) is 66.2 Å². The van der Waals surface area contributed by atoms with E-state index in [2.05, 4.69) is 4.98 Å². The van der Waals surface area contributed by atoms with Crippen LogP contribution in [0.5, 0.6) is 0 Å². The van der Waals surface area contributed by atoms with Crippen LogP contribution in [0.4, 0.5) is 10.6 Å². The van der Waals surface area contributed by atoms with Crippen LogP contribution < -0.4 is 4.90 Å². The van der Waals surface area contributed by atoms with E-state index in [0.29, 0.717) is 6.54 Å². The molecule has 0 aliphatic rings. The summed E-state index contributed by atoms with van der Waals surface area (Å²) >= 11 is 0. The van der Waals surface area contributed by atoms with E-state index in [9.17, 15) is 4.79 Å². The Morgan fingerprint density at radius 2 is 1.71 bits per heavy atom. The molecule has 0 aliphatic heterocycles. The first-order valence-electron chi connectivity index (χ1n) is 8.04. The van der Waals surface area contributed by atoms with Crippen LogP contribution in [0, 0.1) is 0 Å². The van der Waals surface area contributed by atoms with Crippen LogP contribution in [-0.2, 0) is 11.3 Å². The average molecular weight is 322 g/mol. The van der Waals surface area contributed by atoms with Gasteiger partial charge in [-0.15, -0.1) is 0 Å². The summed E-state index contributed by atoms with van der Waals surface area (Å²) in [5.74, 6) is 0.731. The summed E-state index contributed by atoms with van der Waals surface area (Å²) in [5, 5.41) is 1.06. The molecule has 3 aromatic rings. The zero-order chi connectivity index (χ0) is 17.2. The van der Waals surface area contributed by atoms with Crippen LogP contribution in [-0.4, -0.2) is 16.7 Å². The number of carbonyl (C=O) groups is 1. The van der Waals surface area contributed by atoms with E-state index in [1.807, 2.05) is 81.4 Å². The lowest BCUT2D eigenvalue weighted by atomic mass is 10.2. The topological polar surface area (TPSA) is 45.3 Å². The largest absolute Gasteiger partial charge is 0.443 e. The molecule has 0 fully saturated rings. The van der Waals surface area contributed by atoms with Gasteiger partial charge in [-0.25, -0.2) is 4.79 Å². The van der Waals surface area contributed by atoms with E-state index in [0.717, 1.165) is 22.3 Å². The van der Waals surface area contributed by atoms with Crippen molar-refractivity contribution in [2.45, 2.75) is 32.9 Å². The van der Waals surface area contributed by atoms with Gasteiger partial charge in [0, 0.05) is 10.9 Å². The van der Waals surface area contributed by atoms with E-state index < -0.39 is 5.60 Å². The molecular formula is C20H22N2O2. The number of benzene rings is 2. The molecule has 4 nitrogen and oxygen atoms in total. The minimum absolute atomic E-state index is 0.363. The van der Waals surface area contributed by atoms with Gasteiger partial charge in [-0.05, 0) is 38.5 Å². The first kappa shape index (κ1) is 16.1. The molecule has 0 atom stereocenters. The van der Waals surface area contributed by atoms with Gasteiger partial charge in [-0.3, -0.25) is 4.90 Å². The second kappa shape index (κ2) is 6.40. The van der Waals surface area contributed by atoms with Crippen molar-refractivity contribution in [1.82, 2.24) is 4.98 Å². The zero-order valence-corrected chi connectivity index (χ0v) is 14.2. The average Bonchev–Trinajstić information content (AvgIpc) is 2.95. The van der Waals surface area contributed by atoms with E-state index in [1.165, 1.54) is 0 Å². The molecule has 2 aromatic carbocycles. The first-order chi connectivity index (χ1) is 11.4. The van der Waals surface area contributed by atoms with Crippen LogP contribution in [0.1, 0.15) is 26.3 Å². The van der Waals surface area contributed by atoms with Gasteiger partial charge < -0.3 is 9.72 Å². The number of H-pyrrole nitrogens is 1. The number of aromatic amines is 1. The molecule has 0 bridgehead atoms. The van der Waals surface area contributed by atoms with E-state index in [-0.39, 0.29) is 6.09 Å². The Hall–Kier alpha value is -2.75. The van der Waals surface area contributed by atoms with Gasteiger partial charge >= 0.3 is 6.09 Å². The highest BCUT2D eigenvalue weighted by molar-refractivity contribution is 5.92. The summed E-state index contributed by atoms with van der Waals surface area (Å²) in [4.78, 5) is 17.7. The van der Waals surface area contributed by atoms with Crippen molar-refractivity contribution in [2.24, 2.45) is 0 Å². The Balaban J connectivity index is 1.95. The van der Waals surface area contributed by atoms with Gasteiger partial charge in [-0.2, -0.15) is 0 Å². The maximum Gasteiger partial charge on any atom is 0.416 e. The normalized spacial score (nSPS) is 11.5. The number of fused-ring (bicyclic) bond motifs is 1. The third kappa shape index (κ3) is 3.77. The number of hydrogen-bond acceptors (Lipinski definition) is 2. The number of rotatable bonds is 3. The van der Waals surface area contributed by atoms with Crippen molar-refractivity contribution in [3.63, 3.8) is 0 Å². The Morgan fingerprint density at radius 1 is 1.04 bits per heavy atom. The van der Waals surface area contributed by atoms with E-state index in [4.69, 9.17) is 4.74 Å². The quantitative estimate of drug-likeness (QED) is 0.728. The van der Waals surface area contributed by atoms with Crippen LogP contribution in [0.3, 0.4) is 0 Å². The van der Waals surface area contributed by atoms with Crippen LogP contribution >= 0.6 is 0 Å². The Morgan fingerprint density at radius 3 is 2.38 bits per heavy atom. The molecule has 124 valence electrons. The van der Waals surface area contributed by atoms with Gasteiger partial charge in [0.05, 0.1) is 6.54 Å². The molecule has 1 amide bonds. The minimum Gasteiger partial charge on any atom is -0.443 e. The highest BCUT2D eigenvalue weighted by Crippen LogP contribution is 2.25. The fraction of sp³-hybridized carbons (Fsp3) is 0.250. The van der Waals surface area contributed by atoms with Crippen molar-refractivity contribution in [3.8, 4) is 0 Å². The van der Waals surface area contributed by atoms with Crippen molar-refractivity contribution < 1.29 is 9.53 Å². The third-order valence-electron chi connectivity index (χ3n) is 3.60. The number of anilines is 1. The van der Waals surface area contributed by atoms with Crippen LogP contribution in [0.2, 0.25) is 0 Å². The molecule has 4 heteroatoms. The second-order valence-electron chi connectivity index (χ2n) is 6.79. The molecule has 1 aromatic heterocycles. The maximum atomic E-state index is 12.7. The smallest absolute Gasteiger partial charge is 0.416 e. The van der Waals surface area contributed by atoms with Gasteiger partial charge in [0.15, 0.2) is 0 Å². The molecule has 24 heavy (non-hydrogen) atoms. The molecule has 0 spiro atoms. The van der Waals surface area contributed by atoms with Crippen LogP contribution in [0.25, 0.3) is 10.9 Å². The predicted octanol–water partition coefficient (Wildman–Crippen LogP) is 5.11. The molecule has 3 rings (SSSR count). The Labute approximate surface area is 142 Å². The molecule has 0 aliphatic carbocycles. The Kier molecular flexibility index (Phi) is 4.30. The zero-order valence-electron chi connectivity index (χ0n) is 14.2. The highest BCUT2D eigenvalue weighted by Gasteiger charge is 2.24.